The fraction of sp³-hybridized carbons (Fsp3) is 0.167. The van der Waals surface area contributed by atoms with Crippen LogP contribution in [0.2, 0.25) is 0 Å². The van der Waals surface area contributed by atoms with Crippen LogP contribution in [0, 0.1) is 5.82 Å². The summed E-state index contributed by atoms with van der Waals surface area (Å²) in [4.78, 5) is 35.1. The molecule has 26 heavy (non-hydrogen) atoms. The van der Waals surface area contributed by atoms with E-state index in [1.54, 1.807) is 30.3 Å². The Bertz CT molecular complexity index is 765. The first-order chi connectivity index (χ1) is 12.5. The Labute approximate surface area is 149 Å². The van der Waals surface area contributed by atoms with Crippen molar-refractivity contribution in [3.63, 3.8) is 0 Å². The van der Waals surface area contributed by atoms with E-state index in [2.05, 4.69) is 10.9 Å². The lowest BCUT2D eigenvalue weighted by Gasteiger charge is -2.14. The first kappa shape index (κ1) is 18.9. The van der Waals surface area contributed by atoms with Crippen LogP contribution in [-0.2, 0) is 14.3 Å². The molecule has 2 aromatic carbocycles. The van der Waals surface area contributed by atoms with Crippen molar-refractivity contribution in [2.45, 2.75) is 13.0 Å². The van der Waals surface area contributed by atoms with Crippen LogP contribution in [0.5, 0.6) is 5.75 Å². The van der Waals surface area contributed by atoms with Crippen LogP contribution in [0.25, 0.3) is 0 Å². The first-order valence-corrected chi connectivity index (χ1v) is 7.69. The highest BCUT2D eigenvalue weighted by Gasteiger charge is 2.18. The predicted molar refractivity (Wildman–Crippen MR) is 89.5 cm³/mol. The Morgan fingerprint density at radius 1 is 1.00 bits per heavy atom. The number of hydrazine groups is 1. The maximum absolute atomic E-state index is 12.8. The largest absolute Gasteiger partial charge is 0.479 e. The molecule has 0 bridgehead atoms. The van der Waals surface area contributed by atoms with Crippen LogP contribution in [0.15, 0.2) is 54.6 Å². The fourth-order valence-corrected chi connectivity index (χ4v) is 1.84. The molecule has 0 saturated carbocycles. The molecule has 0 radical (unpaired) electrons. The van der Waals surface area contributed by atoms with Gasteiger partial charge in [-0.25, -0.2) is 9.18 Å². The minimum Gasteiger partial charge on any atom is -0.479 e. The molecule has 0 aliphatic carbocycles. The first-order valence-electron chi connectivity index (χ1n) is 7.69. The Morgan fingerprint density at radius 2 is 1.65 bits per heavy atom. The molecule has 0 saturated heterocycles. The van der Waals surface area contributed by atoms with Crippen molar-refractivity contribution < 1.29 is 28.2 Å². The maximum Gasteiger partial charge on any atom is 0.347 e. The molecule has 1 atom stereocenters. The zero-order valence-electron chi connectivity index (χ0n) is 13.9. The van der Waals surface area contributed by atoms with Gasteiger partial charge in [0, 0.05) is 5.56 Å². The molecule has 2 amide bonds. The van der Waals surface area contributed by atoms with Gasteiger partial charge in [0.25, 0.3) is 11.8 Å². The Morgan fingerprint density at radius 3 is 2.31 bits per heavy atom. The summed E-state index contributed by atoms with van der Waals surface area (Å²) in [5, 5.41) is 0. The van der Waals surface area contributed by atoms with E-state index in [4.69, 9.17) is 9.47 Å². The van der Waals surface area contributed by atoms with E-state index >= 15 is 0 Å². The predicted octanol–water partition coefficient (Wildman–Crippen LogP) is 1.60. The molecule has 0 aliphatic heterocycles. The standard InChI is InChI=1S/C18H17FN2O5/c1-12(26-15-9-7-14(19)8-10-15)18(24)25-11-16(22)20-21-17(23)13-5-3-2-4-6-13/h2-10,12H,11H2,1H3,(H,20,22)(H,21,23)/t12-/m0/s1. The average Bonchev–Trinajstić information content (AvgIpc) is 2.66. The molecule has 2 aromatic rings. The third-order valence-corrected chi connectivity index (χ3v) is 3.16. The van der Waals surface area contributed by atoms with Gasteiger partial charge in [0.2, 0.25) is 0 Å². The van der Waals surface area contributed by atoms with Crippen molar-refractivity contribution in [3.8, 4) is 5.75 Å². The summed E-state index contributed by atoms with van der Waals surface area (Å²) in [6.45, 7) is 0.839. The van der Waals surface area contributed by atoms with E-state index in [1.807, 2.05) is 0 Å². The zero-order valence-corrected chi connectivity index (χ0v) is 13.9. The molecule has 0 spiro atoms. The average molecular weight is 360 g/mol. The molecule has 0 unspecified atom stereocenters. The third-order valence-electron chi connectivity index (χ3n) is 3.16. The summed E-state index contributed by atoms with van der Waals surface area (Å²) in [6.07, 6.45) is -0.993. The van der Waals surface area contributed by atoms with E-state index in [1.165, 1.54) is 31.2 Å². The molecule has 136 valence electrons. The highest BCUT2D eigenvalue weighted by atomic mass is 19.1. The Kier molecular flexibility index (Phi) is 6.67. The lowest BCUT2D eigenvalue weighted by Crippen LogP contribution is -2.44. The van der Waals surface area contributed by atoms with Gasteiger partial charge in [-0.3, -0.25) is 20.4 Å². The van der Waals surface area contributed by atoms with E-state index in [0.29, 0.717) is 5.56 Å². The van der Waals surface area contributed by atoms with Crippen LogP contribution < -0.4 is 15.6 Å². The summed E-state index contributed by atoms with van der Waals surface area (Å²) in [5.74, 6) is -2.13. The summed E-state index contributed by atoms with van der Waals surface area (Å²) in [5.41, 5.74) is 4.70. The van der Waals surface area contributed by atoms with Gasteiger partial charge >= 0.3 is 5.97 Å². The van der Waals surface area contributed by atoms with Gasteiger partial charge in [0.1, 0.15) is 11.6 Å². The molecule has 0 heterocycles. The van der Waals surface area contributed by atoms with Crippen molar-refractivity contribution in [2.75, 3.05) is 6.61 Å². The molecule has 8 heteroatoms. The number of hydrogen-bond donors (Lipinski definition) is 2. The second-order valence-corrected chi connectivity index (χ2v) is 5.19. The van der Waals surface area contributed by atoms with Crippen LogP contribution in [0.4, 0.5) is 4.39 Å². The van der Waals surface area contributed by atoms with Crippen LogP contribution >= 0.6 is 0 Å². The summed E-state index contributed by atoms with van der Waals surface area (Å²) >= 11 is 0. The highest BCUT2D eigenvalue weighted by Crippen LogP contribution is 2.13. The second kappa shape index (κ2) is 9.16. The number of rotatable bonds is 6. The zero-order chi connectivity index (χ0) is 18.9. The molecule has 7 nitrogen and oxygen atoms in total. The van der Waals surface area contributed by atoms with Crippen molar-refractivity contribution in [2.24, 2.45) is 0 Å². The lowest BCUT2D eigenvalue weighted by molar-refractivity contribution is -0.154. The number of ether oxygens (including phenoxy) is 2. The highest BCUT2D eigenvalue weighted by molar-refractivity contribution is 5.95. The molecule has 0 aliphatic rings. The number of halogens is 1. The maximum atomic E-state index is 12.8. The Hall–Kier alpha value is -3.42. The number of nitrogens with one attached hydrogen (secondary N) is 2. The van der Waals surface area contributed by atoms with E-state index in [0.717, 1.165) is 0 Å². The smallest absolute Gasteiger partial charge is 0.347 e. The molecule has 0 aromatic heterocycles. The number of hydrogen-bond acceptors (Lipinski definition) is 5. The molecule has 2 rings (SSSR count). The van der Waals surface area contributed by atoms with Crippen molar-refractivity contribution in [1.82, 2.24) is 10.9 Å². The van der Waals surface area contributed by atoms with Gasteiger partial charge in [-0.15, -0.1) is 0 Å². The van der Waals surface area contributed by atoms with E-state index in [9.17, 15) is 18.8 Å². The lowest BCUT2D eigenvalue weighted by atomic mass is 10.2. The number of benzene rings is 2. The normalized spacial score (nSPS) is 11.2. The van der Waals surface area contributed by atoms with Crippen molar-refractivity contribution in [3.05, 3.63) is 66.0 Å². The minimum absolute atomic E-state index is 0.287. The van der Waals surface area contributed by atoms with Gasteiger partial charge in [-0.05, 0) is 43.3 Å². The van der Waals surface area contributed by atoms with Gasteiger partial charge in [0.15, 0.2) is 12.7 Å². The van der Waals surface area contributed by atoms with Gasteiger partial charge < -0.3 is 9.47 Å². The molecular formula is C18H17FN2O5. The van der Waals surface area contributed by atoms with Gasteiger partial charge in [-0.2, -0.15) is 0 Å². The molecule has 2 N–H and O–H groups in total. The van der Waals surface area contributed by atoms with Gasteiger partial charge in [-0.1, -0.05) is 18.2 Å². The van der Waals surface area contributed by atoms with Crippen molar-refractivity contribution in [1.29, 1.82) is 0 Å². The van der Waals surface area contributed by atoms with Crippen LogP contribution in [0.1, 0.15) is 17.3 Å². The molecule has 0 fully saturated rings. The minimum atomic E-state index is -0.993. The number of esters is 1. The quantitative estimate of drug-likeness (QED) is 0.603. The summed E-state index contributed by atoms with van der Waals surface area (Å²) < 4.78 is 22.9. The van der Waals surface area contributed by atoms with Crippen molar-refractivity contribution >= 4 is 17.8 Å². The Balaban J connectivity index is 1.71. The summed E-state index contributed by atoms with van der Waals surface area (Å²) in [6, 6.07) is 13.4. The molecular weight excluding hydrogens is 343 g/mol. The number of carbonyl (C=O) groups is 3. The second-order valence-electron chi connectivity index (χ2n) is 5.19. The fourth-order valence-electron chi connectivity index (χ4n) is 1.84. The van der Waals surface area contributed by atoms with Crippen LogP contribution in [-0.4, -0.2) is 30.5 Å². The summed E-state index contributed by atoms with van der Waals surface area (Å²) in [7, 11) is 0. The monoisotopic (exact) mass is 360 g/mol. The van der Waals surface area contributed by atoms with Crippen LogP contribution in [0.3, 0.4) is 0 Å². The number of carbonyl (C=O) groups excluding carboxylic acids is 3. The SMILES string of the molecule is C[C@H](Oc1ccc(F)cc1)C(=O)OCC(=O)NNC(=O)c1ccccc1. The third kappa shape index (κ3) is 5.90. The number of amides is 2. The van der Waals surface area contributed by atoms with E-state index in [-0.39, 0.29) is 5.75 Å². The topological polar surface area (TPSA) is 93.7 Å². The van der Waals surface area contributed by atoms with E-state index < -0.39 is 36.3 Å². The van der Waals surface area contributed by atoms with Gasteiger partial charge in [0.05, 0.1) is 0 Å².